The highest BCUT2D eigenvalue weighted by Crippen LogP contribution is 2.28. The Morgan fingerprint density at radius 1 is 1.47 bits per heavy atom. The summed E-state index contributed by atoms with van der Waals surface area (Å²) in [5, 5.41) is 9.72. The Hall–Kier alpha value is -0.830. The molecule has 3 nitrogen and oxygen atoms in total. The summed E-state index contributed by atoms with van der Waals surface area (Å²) >= 11 is 0. The summed E-state index contributed by atoms with van der Waals surface area (Å²) in [6.07, 6.45) is 6.30. The van der Waals surface area contributed by atoms with Gasteiger partial charge < -0.3 is 9.67 Å². The van der Waals surface area contributed by atoms with Gasteiger partial charge >= 0.3 is 0 Å². The number of hydrogen-bond acceptors (Lipinski definition) is 2. The molecule has 0 amide bonds. The summed E-state index contributed by atoms with van der Waals surface area (Å²) in [6.45, 7) is 5.14. The fourth-order valence-corrected chi connectivity index (χ4v) is 2.43. The van der Waals surface area contributed by atoms with Crippen LogP contribution in [0.4, 0.5) is 0 Å². The molecule has 0 saturated heterocycles. The molecular weight excluding hydrogens is 188 g/mol. The molecule has 0 radical (unpaired) electrons. The van der Waals surface area contributed by atoms with Crippen molar-refractivity contribution in [2.24, 2.45) is 5.92 Å². The summed E-state index contributed by atoms with van der Waals surface area (Å²) in [6, 6.07) is 0. The fourth-order valence-electron chi connectivity index (χ4n) is 2.43. The number of nitrogens with zero attached hydrogens (tertiary/aromatic N) is 2. The van der Waals surface area contributed by atoms with E-state index in [2.05, 4.69) is 16.5 Å². The SMILES string of the molecule is Cc1ncn(CCC2CCCC2O)c1C. The Kier molecular flexibility index (Phi) is 3.10. The number of hydrogen-bond donors (Lipinski definition) is 1. The van der Waals surface area contributed by atoms with Gasteiger partial charge in [-0.15, -0.1) is 0 Å². The van der Waals surface area contributed by atoms with E-state index in [9.17, 15) is 5.11 Å². The smallest absolute Gasteiger partial charge is 0.0951 e. The van der Waals surface area contributed by atoms with Gasteiger partial charge in [0.15, 0.2) is 0 Å². The van der Waals surface area contributed by atoms with Crippen molar-refractivity contribution in [3.8, 4) is 0 Å². The van der Waals surface area contributed by atoms with E-state index >= 15 is 0 Å². The summed E-state index contributed by atoms with van der Waals surface area (Å²) < 4.78 is 2.19. The van der Waals surface area contributed by atoms with E-state index < -0.39 is 0 Å². The standard InChI is InChI=1S/C12H20N2O/c1-9-10(2)14(8-13-9)7-6-11-4-3-5-12(11)15/h8,11-12,15H,3-7H2,1-2H3. The maximum absolute atomic E-state index is 9.72. The molecule has 0 bridgehead atoms. The highest BCUT2D eigenvalue weighted by Gasteiger charge is 2.24. The van der Waals surface area contributed by atoms with E-state index in [-0.39, 0.29) is 6.10 Å². The van der Waals surface area contributed by atoms with Crippen LogP contribution in [0.25, 0.3) is 0 Å². The molecule has 1 heterocycles. The van der Waals surface area contributed by atoms with Crippen molar-refractivity contribution >= 4 is 0 Å². The molecule has 1 fully saturated rings. The lowest BCUT2D eigenvalue weighted by molar-refractivity contribution is 0.125. The minimum atomic E-state index is -0.0603. The van der Waals surface area contributed by atoms with Gasteiger partial charge in [-0.1, -0.05) is 6.42 Å². The number of rotatable bonds is 3. The molecule has 1 aromatic rings. The van der Waals surface area contributed by atoms with Crippen LogP contribution < -0.4 is 0 Å². The fraction of sp³-hybridized carbons (Fsp3) is 0.750. The largest absolute Gasteiger partial charge is 0.393 e. The van der Waals surface area contributed by atoms with Crippen LogP contribution in [0.15, 0.2) is 6.33 Å². The highest BCUT2D eigenvalue weighted by molar-refractivity contribution is 5.08. The van der Waals surface area contributed by atoms with Crippen LogP contribution in [0.5, 0.6) is 0 Å². The molecule has 0 spiro atoms. The molecule has 1 aromatic heterocycles. The third kappa shape index (κ3) is 2.23. The van der Waals surface area contributed by atoms with Gasteiger partial charge in [0.05, 0.1) is 18.1 Å². The minimum absolute atomic E-state index is 0.0603. The molecule has 2 atom stereocenters. The monoisotopic (exact) mass is 208 g/mol. The lowest BCUT2D eigenvalue weighted by Crippen LogP contribution is -2.15. The Bertz CT molecular complexity index is 332. The van der Waals surface area contributed by atoms with Crippen molar-refractivity contribution in [2.75, 3.05) is 0 Å². The first-order chi connectivity index (χ1) is 7.18. The zero-order chi connectivity index (χ0) is 10.8. The van der Waals surface area contributed by atoms with Crippen LogP contribution in [0.2, 0.25) is 0 Å². The maximum atomic E-state index is 9.72. The zero-order valence-corrected chi connectivity index (χ0v) is 9.61. The Morgan fingerprint density at radius 2 is 2.27 bits per heavy atom. The van der Waals surface area contributed by atoms with E-state index in [4.69, 9.17) is 0 Å². The van der Waals surface area contributed by atoms with Gasteiger partial charge in [0.1, 0.15) is 0 Å². The van der Waals surface area contributed by atoms with Crippen molar-refractivity contribution in [1.29, 1.82) is 0 Å². The van der Waals surface area contributed by atoms with E-state index in [0.29, 0.717) is 5.92 Å². The molecule has 0 aliphatic heterocycles. The molecule has 2 rings (SSSR count). The molecular formula is C12H20N2O. The van der Waals surface area contributed by atoms with E-state index in [1.807, 2.05) is 13.3 Å². The molecule has 1 saturated carbocycles. The first kappa shape index (κ1) is 10.7. The Balaban J connectivity index is 1.90. The molecule has 15 heavy (non-hydrogen) atoms. The molecule has 3 heteroatoms. The summed E-state index contributed by atoms with van der Waals surface area (Å²) in [7, 11) is 0. The lowest BCUT2D eigenvalue weighted by atomic mass is 10.0. The van der Waals surface area contributed by atoms with Gasteiger partial charge in [-0.2, -0.15) is 0 Å². The number of imidazole rings is 1. The van der Waals surface area contributed by atoms with Crippen molar-refractivity contribution in [2.45, 2.75) is 52.2 Å². The van der Waals surface area contributed by atoms with Crippen LogP contribution in [0, 0.1) is 19.8 Å². The summed E-state index contributed by atoms with van der Waals surface area (Å²) in [5.41, 5.74) is 2.37. The van der Waals surface area contributed by atoms with Crippen molar-refractivity contribution in [1.82, 2.24) is 9.55 Å². The molecule has 84 valence electrons. The minimum Gasteiger partial charge on any atom is -0.393 e. The van der Waals surface area contributed by atoms with Gasteiger partial charge in [-0.25, -0.2) is 4.98 Å². The van der Waals surface area contributed by atoms with Gasteiger partial charge in [-0.3, -0.25) is 0 Å². The maximum Gasteiger partial charge on any atom is 0.0951 e. The lowest BCUT2D eigenvalue weighted by Gasteiger charge is -2.14. The third-order valence-electron chi connectivity index (χ3n) is 3.70. The van der Waals surface area contributed by atoms with Crippen LogP contribution in [0.1, 0.15) is 37.1 Å². The molecule has 1 N–H and O–H groups in total. The van der Waals surface area contributed by atoms with Gasteiger partial charge in [0, 0.05) is 12.2 Å². The van der Waals surface area contributed by atoms with Crippen LogP contribution in [-0.2, 0) is 6.54 Å². The van der Waals surface area contributed by atoms with E-state index in [0.717, 1.165) is 25.1 Å². The second kappa shape index (κ2) is 4.35. The van der Waals surface area contributed by atoms with Crippen LogP contribution in [-0.4, -0.2) is 20.8 Å². The van der Waals surface area contributed by atoms with Crippen molar-refractivity contribution in [3.05, 3.63) is 17.7 Å². The second-order valence-corrected chi connectivity index (χ2v) is 4.66. The normalized spacial score (nSPS) is 26.1. The van der Waals surface area contributed by atoms with E-state index in [1.165, 1.54) is 18.5 Å². The summed E-state index contributed by atoms with van der Waals surface area (Å²) in [4.78, 5) is 4.28. The van der Waals surface area contributed by atoms with Crippen molar-refractivity contribution in [3.63, 3.8) is 0 Å². The number of aryl methyl sites for hydroxylation is 2. The molecule has 0 aromatic carbocycles. The van der Waals surface area contributed by atoms with E-state index in [1.54, 1.807) is 0 Å². The average Bonchev–Trinajstić information content (AvgIpc) is 2.74. The predicted molar refractivity (Wildman–Crippen MR) is 59.7 cm³/mol. The second-order valence-electron chi connectivity index (χ2n) is 4.66. The average molecular weight is 208 g/mol. The number of aliphatic hydroxyl groups is 1. The van der Waals surface area contributed by atoms with Gasteiger partial charge in [0.2, 0.25) is 0 Å². The van der Waals surface area contributed by atoms with Gasteiger partial charge in [-0.05, 0) is 39.0 Å². The van der Waals surface area contributed by atoms with Crippen LogP contribution in [0.3, 0.4) is 0 Å². The van der Waals surface area contributed by atoms with Crippen LogP contribution >= 0.6 is 0 Å². The number of aliphatic hydroxyl groups excluding tert-OH is 1. The topological polar surface area (TPSA) is 38.0 Å². The molecule has 1 aliphatic rings. The Morgan fingerprint density at radius 3 is 2.80 bits per heavy atom. The molecule has 1 aliphatic carbocycles. The first-order valence-electron chi connectivity index (χ1n) is 5.85. The highest BCUT2D eigenvalue weighted by atomic mass is 16.3. The summed E-state index contributed by atoms with van der Waals surface area (Å²) in [5.74, 6) is 0.507. The zero-order valence-electron chi connectivity index (χ0n) is 9.61. The third-order valence-corrected chi connectivity index (χ3v) is 3.70. The van der Waals surface area contributed by atoms with Crippen molar-refractivity contribution < 1.29 is 5.11 Å². The molecule has 2 unspecified atom stereocenters. The first-order valence-corrected chi connectivity index (χ1v) is 5.85. The quantitative estimate of drug-likeness (QED) is 0.825. The van der Waals surface area contributed by atoms with Gasteiger partial charge in [0.25, 0.3) is 0 Å². The Labute approximate surface area is 91.1 Å². The number of aromatic nitrogens is 2. The predicted octanol–water partition coefficient (Wildman–Crippen LogP) is 2.05.